The van der Waals surface area contributed by atoms with Crippen LogP contribution < -0.4 is 0 Å². The summed E-state index contributed by atoms with van der Waals surface area (Å²) in [6.07, 6.45) is -2.18. The first-order valence-electron chi connectivity index (χ1n) is 3.62. The number of alkyl halides is 1. The number of aliphatic hydroxyl groups is 1. The Balaban J connectivity index is 2.70. The van der Waals surface area contributed by atoms with Crippen LogP contribution in [0.3, 0.4) is 0 Å². The van der Waals surface area contributed by atoms with Crippen molar-refractivity contribution in [1.82, 2.24) is 0 Å². The standard InChI is InChI=1S/C7H11BrO4/c1-3-5(9)4(8)6(10)7(11-2)12-3/h3-4,6-7,10H,1-2H3/t3-,4+,6-,7+/m1/s1. The maximum atomic E-state index is 11.2. The van der Waals surface area contributed by atoms with Gasteiger partial charge in [0.1, 0.15) is 17.0 Å². The second-order valence-electron chi connectivity index (χ2n) is 2.68. The monoisotopic (exact) mass is 238 g/mol. The van der Waals surface area contributed by atoms with Crippen molar-refractivity contribution < 1.29 is 19.4 Å². The van der Waals surface area contributed by atoms with E-state index in [9.17, 15) is 9.90 Å². The van der Waals surface area contributed by atoms with E-state index >= 15 is 0 Å². The molecule has 0 unspecified atom stereocenters. The molecular formula is C7H11BrO4. The highest BCUT2D eigenvalue weighted by molar-refractivity contribution is 9.10. The second-order valence-corrected chi connectivity index (χ2v) is 3.66. The van der Waals surface area contributed by atoms with E-state index in [1.54, 1.807) is 6.92 Å². The molecule has 0 spiro atoms. The SMILES string of the molecule is CO[C@H]1O[C@H](C)C(=O)[C@H](Br)[C@H]1O. The summed E-state index contributed by atoms with van der Waals surface area (Å²) in [6, 6.07) is 0. The fourth-order valence-corrected chi connectivity index (χ4v) is 1.70. The maximum absolute atomic E-state index is 11.2. The van der Waals surface area contributed by atoms with Crippen molar-refractivity contribution >= 4 is 21.7 Å². The quantitative estimate of drug-likeness (QED) is 0.658. The van der Waals surface area contributed by atoms with E-state index < -0.39 is 23.3 Å². The minimum atomic E-state index is -0.932. The summed E-state index contributed by atoms with van der Waals surface area (Å²) in [5.74, 6) is -0.157. The normalized spacial score (nSPS) is 43.2. The number of rotatable bonds is 1. The zero-order valence-electron chi connectivity index (χ0n) is 6.86. The van der Waals surface area contributed by atoms with Gasteiger partial charge in [0.2, 0.25) is 0 Å². The van der Waals surface area contributed by atoms with Gasteiger partial charge in [0.05, 0.1) is 0 Å². The third-order valence-electron chi connectivity index (χ3n) is 1.82. The molecular weight excluding hydrogens is 228 g/mol. The number of ketones is 1. The van der Waals surface area contributed by atoms with E-state index in [2.05, 4.69) is 15.9 Å². The van der Waals surface area contributed by atoms with Crippen LogP contribution in [-0.2, 0) is 14.3 Å². The van der Waals surface area contributed by atoms with Crippen molar-refractivity contribution in [1.29, 1.82) is 0 Å². The van der Waals surface area contributed by atoms with Crippen LogP contribution in [0.2, 0.25) is 0 Å². The van der Waals surface area contributed by atoms with Crippen LogP contribution in [0, 0.1) is 0 Å². The maximum Gasteiger partial charge on any atom is 0.185 e. The summed E-state index contributed by atoms with van der Waals surface area (Å²) < 4.78 is 9.92. The zero-order chi connectivity index (χ0) is 9.30. The smallest absolute Gasteiger partial charge is 0.185 e. The molecule has 0 saturated carbocycles. The average molecular weight is 239 g/mol. The van der Waals surface area contributed by atoms with Crippen LogP contribution in [0.1, 0.15) is 6.92 Å². The van der Waals surface area contributed by atoms with Crippen molar-refractivity contribution in [3.63, 3.8) is 0 Å². The summed E-state index contributed by atoms with van der Waals surface area (Å²) in [4.78, 5) is 10.6. The molecule has 1 N–H and O–H groups in total. The van der Waals surface area contributed by atoms with Gasteiger partial charge in [-0.3, -0.25) is 4.79 Å². The molecule has 1 saturated heterocycles. The predicted molar refractivity (Wildman–Crippen MR) is 45.1 cm³/mol. The summed E-state index contributed by atoms with van der Waals surface area (Å²) in [6.45, 7) is 1.63. The van der Waals surface area contributed by atoms with Crippen LogP contribution in [0.4, 0.5) is 0 Å². The molecule has 0 amide bonds. The molecule has 1 heterocycles. The van der Waals surface area contributed by atoms with Gasteiger partial charge in [-0.05, 0) is 6.92 Å². The molecule has 0 aliphatic carbocycles. The van der Waals surface area contributed by atoms with Crippen molar-refractivity contribution in [2.24, 2.45) is 0 Å². The minimum Gasteiger partial charge on any atom is -0.386 e. The first-order chi connectivity index (χ1) is 5.57. The highest BCUT2D eigenvalue weighted by atomic mass is 79.9. The molecule has 1 fully saturated rings. The molecule has 4 atom stereocenters. The van der Waals surface area contributed by atoms with Gasteiger partial charge in [-0.15, -0.1) is 0 Å². The average Bonchev–Trinajstić information content (AvgIpc) is 2.08. The predicted octanol–water partition coefficient (Wildman–Crippen LogP) is 0.0711. The van der Waals surface area contributed by atoms with Crippen LogP contribution in [0.25, 0.3) is 0 Å². The number of carbonyl (C=O) groups is 1. The van der Waals surface area contributed by atoms with E-state index in [4.69, 9.17) is 9.47 Å². The van der Waals surface area contributed by atoms with E-state index in [1.165, 1.54) is 7.11 Å². The van der Waals surface area contributed by atoms with Crippen molar-refractivity contribution in [2.45, 2.75) is 30.2 Å². The number of halogens is 1. The molecule has 4 nitrogen and oxygen atoms in total. The third kappa shape index (κ3) is 1.69. The number of Topliss-reactive ketones (excluding diaryl/α,β-unsaturated/α-hetero) is 1. The van der Waals surface area contributed by atoms with Crippen LogP contribution in [0.15, 0.2) is 0 Å². The van der Waals surface area contributed by atoms with Gasteiger partial charge >= 0.3 is 0 Å². The highest BCUT2D eigenvalue weighted by Gasteiger charge is 2.41. The number of aliphatic hydroxyl groups excluding tert-OH is 1. The van der Waals surface area contributed by atoms with Gasteiger partial charge in [-0.2, -0.15) is 0 Å². The van der Waals surface area contributed by atoms with Crippen molar-refractivity contribution in [2.75, 3.05) is 7.11 Å². The summed E-state index contributed by atoms with van der Waals surface area (Å²) in [5.41, 5.74) is 0. The molecule has 1 aliphatic heterocycles. The Morgan fingerprint density at radius 2 is 2.25 bits per heavy atom. The summed E-state index contributed by atoms with van der Waals surface area (Å²) >= 11 is 3.08. The van der Waals surface area contributed by atoms with Crippen LogP contribution in [-0.4, -0.2) is 41.3 Å². The highest BCUT2D eigenvalue weighted by Crippen LogP contribution is 2.22. The Morgan fingerprint density at radius 1 is 1.67 bits per heavy atom. The number of ether oxygens (including phenoxy) is 2. The number of carbonyl (C=O) groups excluding carboxylic acids is 1. The Morgan fingerprint density at radius 3 is 2.75 bits per heavy atom. The zero-order valence-corrected chi connectivity index (χ0v) is 8.45. The minimum absolute atomic E-state index is 0.157. The van der Waals surface area contributed by atoms with Gasteiger partial charge in [-0.1, -0.05) is 15.9 Å². The number of hydrogen-bond acceptors (Lipinski definition) is 4. The molecule has 0 radical (unpaired) electrons. The molecule has 0 aromatic carbocycles. The molecule has 5 heteroatoms. The van der Waals surface area contributed by atoms with Gasteiger partial charge in [-0.25, -0.2) is 0 Å². The fourth-order valence-electron chi connectivity index (χ4n) is 1.07. The largest absolute Gasteiger partial charge is 0.386 e. The lowest BCUT2D eigenvalue weighted by Crippen LogP contribution is -2.52. The lowest BCUT2D eigenvalue weighted by atomic mass is 10.1. The summed E-state index contributed by atoms with van der Waals surface area (Å²) in [5, 5.41) is 9.41. The lowest BCUT2D eigenvalue weighted by Gasteiger charge is -2.33. The second kappa shape index (κ2) is 3.83. The van der Waals surface area contributed by atoms with E-state index in [0.717, 1.165) is 0 Å². The van der Waals surface area contributed by atoms with Gasteiger partial charge < -0.3 is 14.6 Å². The van der Waals surface area contributed by atoms with Crippen molar-refractivity contribution in [3.05, 3.63) is 0 Å². The topological polar surface area (TPSA) is 55.8 Å². The Kier molecular flexibility index (Phi) is 3.22. The molecule has 70 valence electrons. The van der Waals surface area contributed by atoms with Gasteiger partial charge in [0, 0.05) is 7.11 Å². The molecule has 0 aromatic heterocycles. The summed E-state index contributed by atoms with van der Waals surface area (Å²) in [7, 11) is 1.43. The first kappa shape index (κ1) is 10.1. The van der Waals surface area contributed by atoms with Crippen LogP contribution >= 0.6 is 15.9 Å². The first-order valence-corrected chi connectivity index (χ1v) is 4.53. The van der Waals surface area contributed by atoms with Crippen molar-refractivity contribution in [3.8, 4) is 0 Å². The lowest BCUT2D eigenvalue weighted by molar-refractivity contribution is -0.217. The van der Waals surface area contributed by atoms with E-state index in [1.807, 2.05) is 0 Å². The molecule has 12 heavy (non-hydrogen) atoms. The number of hydrogen-bond donors (Lipinski definition) is 1. The van der Waals surface area contributed by atoms with Crippen LogP contribution in [0.5, 0.6) is 0 Å². The molecule has 1 aliphatic rings. The Hall–Kier alpha value is 0.0300. The van der Waals surface area contributed by atoms with E-state index in [-0.39, 0.29) is 5.78 Å². The van der Waals surface area contributed by atoms with Gasteiger partial charge in [0.25, 0.3) is 0 Å². The molecule has 0 aromatic rings. The third-order valence-corrected chi connectivity index (χ3v) is 2.81. The number of methoxy groups -OCH3 is 1. The van der Waals surface area contributed by atoms with Gasteiger partial charge in [0.15, 0.2) is 12.1 Å². The molecule has 1 rings (SSSR count). The molecule has 0 bridgehead atoms. The van der Waals surface area contributed by atoms with E-state index in [0.29, 0.717) is 0 Å². The fraction of sp³-hybridized carbons (Fsp3) is 0.857. The Labute approximate surface area is 79.0 Å². The Bertz CT molecular complexity index is 184.